The van der Waals surface area contributed by atoms with E-state index in [9.17, 15) is 0 Å². The maximum atomic E-state index is 3.66. The third-order valence-electron chi connectivity index (χ3n) is 4.48. The number of benzene rings is 4. The van der Waals surface area contributed by atoms with E-state index >= 15 is 0 Å². The van der Waals surface area contributed by atoms with Gasteiger partial charge in [-0.05, 0) is 78.4 Å². The number of rotatable bonds is 2. The maximum Gasteiger partial charge on any atom is 0.0391 e. The van der Waals surface area contributed by atoms with E-state index in [-0.39, 0.29) is 0 Å². The smallest absolute Gasteiger partial charge is 0.0391 e. The molecular weight excluding hydrogens is 496 g/mol. The molecule has 0 bridgehead atoms. The lowest BCUT2D eigenvalue weighted by Crippen LogP contribution is -1.84. The van der Waals surface area contributed by atoms with Gasteiger partial charge >= 0.3 is 0 Å². The highest BCUT2D eigenvalue weighted by molar-refractivity contribution is 9.10. The maximum absolute atomic E-state index is 3.66. The van der Waals surface area contributed by atoms with Crippen molar-refractivity contribution in [3.05, 3.63) is 117 Å². The summed E-state index contributed by atoms with van der Waals surface area (Å²) < 4.78 is 2.00. The Labute approximate surface area is 196 Å². The van der Waals surface area contributed by atoms with Gasteiger partial charge in [-0.1, -0.05) is 98.5 Å². The third kappa shape index (κ3) is 5.51. The molecule has 0 saturated heterocycles. The molecule has 0 N–H and O–H groups in total. The Hall–Kier alpha value is -2.60. The second-order valence-corrected chi connectivity index (χ2v) is 8.08. The zero-order valence-corrected chi connectivity index (χ0v) is 20.2. The average molecular weight is 518 g/mol. The highest BCUT2D eigenvalue weighted by atomic mass is 79.9. The van der Waals surface area contributed by atoms with Gasteiger partial charge in [-0.25, -0.2) is 0 Å². The zero-order valence-electron chi connectivity index (χ0n) is 17.0. The molecule has 0 atom stereocenters. The first-order valence-corrected chi connectivity index (χ1v) is 11.5. The van der Waals surface area contributed by atoms with Crippen LogP contribution in [0.25, 0.3) is 22.3 Å². The van der Waals surface area contributed by atoms with Gasteiger partial charge in [0.05, 0.1) is 0 Å². The van der Waals surface area contributed by atoms with Crippen LogP contribution in [-0.4, -0.2) is 0 Å². The van der Waals surface area contributed by atoms with Crippen LogP contribution >= 0.6 is 31.9 Å². The predicted molar refractivity (Wildman–Crippen MR) is 136 cm³/mol. The van der Waals surface area contributed by atoms with Gasteiger partial charge in [-0.15, -0.1) is 0 Å². The minimum absolute atomic E-state index is 0.971. The van der Waals surface area contributed by atoms with Crippen LogP contribution in [0.15, 0.2) is 106 Å². The van der Waals surface area contributed by atoms with Gasteiger partial charge in [0, 0.05) is 20.1 Å². The largest absolute Gasteiger partial charge is 0.0683 e. The van der Waals surface area contributed by atoms with Crippen molar-refractivity contribution in [2.45, 2.75) is 13.8 Å². The molecule has 4 aromatic rings. The van der Waals surface area contributed by atoms with Crippen LogP contribution in [0.1, 0.15) is 25.0 Å². The van der Waals surface area contributed by atoms with Gasteiger partial charge in [0.2, 0.25) is 0 Å². The zero-order chi connectivity index (χ0) is 21.3. The van der Waals surface area contributed by atoms with E-state index in [0.29, 0.717) is 0 Å². The molecule has 4 rings (SSSR count). The van der Waals surface area contributed by atoms with Crippen LogP contribution in [0.4, 0.5) is 0 Å². The number of halogens is 2. The summed E-state index contributed by atoms with van der Waals surface area (Å²) >= 11 is 7.33. The predicted octanol–water partition coefficient (Wildman–Crippen LogP) is 8.97. The van der Waals surface area contributed by atoms with Gasteiger partial charge in [-0.3, -0.25) is 0 Å². The van der Waals surface area contributed by atoms with Gasteiger partial charge in [0.25, 0.3) is 0 Å². The fourth-order valence-electron chi connectivity index (χ4n) is 2.99. The van der Waals surface area contributed by atoms with Crippen molar-refractivity contribution < 1.29 is 0 Å². The topological polar surface area (TPSA) is 0 Å². The van der Waals surface area contributed by atoms with E-state index in [1.54, 1.807) is 0 Å². The Balaban J connectivity index is 0.00000124. The van der Waals surface area contributed by atoms with Crippen molar-refractivity contribution in [2.75, 3.05) is 0 Å². The summed E-state index contributed by atoms with van der Waals surface area (Å²) in [5, 5.41) is 0. The van der Waals surface area contributed by atoms with E-state index < -0.39 is 0 Å². The van der Waals surface area contributed by atoms with E-state index in [1.807, 2.05) is 50.2 Å². The van der Waals surface area contributed by atoms with Crippen molar-refractivity contribution in [1.82, 2.24) is 0 Å². The summed E-state index contributed by atoms with van der Waals surface area (Å²) in [7, 11) is 0. The van der Waals surface area contributed by atoms with Crippen LogP contribution < -0.4 is 0 Å². The molecule has 0 radical (unpaired) electrons. The molecule has 0 saturated carbocycles. The standard InChI is InChI=1S/C26H16Br2.C2H6/c27-25-17-23(19-7-3-1-4-8-19)15-13-21(25)11-12-22-14-16-24(18-26(22)28)20-9-5-2-6-10-20;1-2/h1-10,13-18H;1-2H3. The summed E-state index contributed by atoms with van der Waals surface area (Å²) in [6.45, 7) is 4.00. The first-order valence-electron chi connectivity index (χ1n) is 9.93. The first-order chi connectivity index (χ1) is 14.7. The van der Waals surface area contributed by atoms with Crippen LogP contribution in [0, 0.1) is 11.8 Å². The fraction of sp³-hybridized carbons (Fsp3) is 0.0714. The van der Waals surface area contributed by atoms with E-state index in [1.165, 1.54) is 22.3 Å². The second-order valence-electron chi connectivity index (χ2n) is 6.37. The minimum Gasteiger partial charge on any atom is -0.0683 e. The van der Waals surface area contributed by atoms with Crippen LogP contribution in [-0.2, 0) is 0 Å². The van der Waals surface area contributed by atoms with Crippen LogP contribution in [0.2, 0.25) is 0 Å². The molecule has 30 heavy (non-hydrogen) atoms. The Morgan fingerprint density at radius 1 is 0.467 bits per heavy atom. The molecule has 0 heterocycles. The van der Waals surface area contributed by atoms with Crippen molar-refractivity contribution in [3.8, 4) is 34.1 Å². The second kappa shape index (κ2) is 11.0. The van der Waals surface area contributed by atoms with Crippen molar-refractivity contribution in [2.24, 2.45) is 0 Å². The monoisotopic (exact) mass is 516 g/mol. The molecule has 0 fully saturated rings. The molecule has 148 valence electrons. The van der Waals surface area contributed by atoms with Crippen molar-refractivity contribution >= 4 is 31.9 Å². The highest BCUT2D eigenvalue weighted by Crippen LogP contribution is 2.27. The van der Waals surface area contributed by atoms with Gasteiger partial charge in [0.15, 0.2) is 0 Å². The first kappa shape index (κ1) is 22.1. The SMILES string of the molecule is Brc1cc(-c2ccccc2)ccc1C#Cc1ccc(-c2ccccc2)cc1Br.CC. The van der Waals surface area contributed by atoms with E-state index in [2.05, 4.69) is 104 Å². The summed E-state index contributed by atoms with van der Waals surface area (Å²) in [5.41, 5.74) is 6.68. The van der Waals surface area contributed by atoms with Gasteiger partial charge in [0.1, 0.15) is 0 Å². The lowest BCUT2D eigenvalue weighted by molar-refractivity contribution is 1.50. The van der Waals surface area contributed by atoms with Gasteiger partial charge in [-0.2, -0.15) is 0 Å². The van der Waals surface area contributed by atoms with Gasteiger partial charge < -0.3 is 0 Å². The Morgan fingerprint density at radius 3 is 1.17 bits per heavy atom. The Kier molecular flexibility index (Phi) is 8.08. The van der Waals surface area contributed by atoms with Crippen molar-refractivity contribution in [3.63, 3.8) is 0 Å². The highest BCUT2D eigenvalue weighted by Gasteiger charge is 2.03. The Morgan fingerprint density at radius 2 is 0.833 bits per heavy atom. The average Bonchev–Trinajstić information content (AvgIpc) is 2.81. The summed E-state index contributed by atoms with van der Waals surface area (Å²) in [6, 6.07) is 33.3. The number of hydrogen-bond acceptors (Lipinski definition) is 0. The number of hydrogen-bond donors (Lipinski definition) is 0. The lowest BCUT2D eigenvalue weighted by Gasteiger charge is -2.05. The Bertz CT molecular complexity index is 1070. The van der Waals surface area contributed by atoms with Crippen molar-refractivity contribution in [1.29, 1.82) is 0 Å². The molecule has 0 amide bonds. The normalized spacial score (nSPS) is 9.73. The molecule has 0 aliphatic rings. The van der Waals surface area contributed by atoms with Crippen LogP contribution in [0.5, 0.6) is 0 Å². The fourth-order valence-corrected chi connectivity index (χ4v) is 3.94. The van der Waals surface area contributed by atoms with E-state index in [0.717, 1.165) is 20.1 Å². The summed E-state index contributed by atoms with van der Waals surface area (Å²) in [4.78, 5) is 0. The third-order valence-corrected chi connectivity index (χ3v) is 5.80. The molecular formula is C28H22Br2. The molecule has 0 spiro atoms. The summed E-state index contributed by atoms with van der Waals surface area (Å²) in [5.74, 6) is 6.56. The molecule has 2 heteroatoms. The molecule has 0 aliphatic carbocycles. The minimum atomic E-state index is 0.971. The van der Waals surface area contributed by atoms with E-state index in [4.69, 9.17) is 0 Å². The molecule has 4 aromatic carbocycles. The van der Waals surface area contributed by atoms with Crippen LogP contribution in [0.3, 0.4) is 0 Å². The molecule has 0 aromatic heterocycles. The molecule has 0 aliphatic heterocycles. The lowest BCUT2D eigenvalue weighted by atomic mass is 10.0. The molecule has 0 nitrogen and oxygen atoms in total. The molecule has 0 unspecified atom stereocenters. The summed E-state index contributed by atoms with van der Waals surface area (Å²) in [6.07, 6.45) is 0. The quantitative estimate of drug-likeness (QED) is 0.233.